The molecule has 0 spiro atoms. The van der Waals surface area contributed by atoms with E-state index in [1.54, 1.807) is 86.8 Å². The maximum absolute atomic E-state index is 12.7. The van der Waals surface area contributed by atoms with Gasteiger partial charge in [0.05, 0.1) is 92.8 Å². The topological polar surface area (TPSA) is 404 Å². The second-order valence-electron chi connectivity index (χ2n) is 20.0. The molecular formula is C53H83NO22. The van der Waals surface area contributed by atoms with Crippen LogP contribution in [0.15, 0.2) is 85.1 Å². The Labute approximate surface area is 442 Å². The number of hydrogen-bond acceptors (Lipinski definition) is 22. The summed E-state index contributed by atoms with van der Waals surface area (Å²) < 4.78 is 23.4. The van der Waals surface area contributed by atoms with E-state index in [1.807, 2.05) is 6.92 Å². The molecule has 0 saturated carbocycles. The minimum absolute atomic E-state index is 0.151. The summed E-state index contributed by atoms with van der Waals surface area (Å²) in [5.74, 6) is -8.30. The number of rotatable bonds is 10. The molecule has 16 N–H and O–H groups in total. The Hall–Kier alpha value is -3.93. The summed E-state index contributed by atoms with van der Waals surface area (Å²) in [4.78, 5) is 38.0. The number of nitrogens with one attached hydrogen (secondary N) is 1. The molecule has 0 aromatic heterocycles. The SMILES string of the molecule is C[C@@H]1[C@H](O)[C@@H](C)/C=C/C=C/C=C/C=C/C=C/C=C/C=C/[C@H](O[C@@H]2O[C@H](C)[C@@H](O)[C@H](NCC(=O)[C@@H](O)[C@H](O)[C@H](O)CO)[C@@H]2O)C[C@@H]2O[C@](O)(C[C@@H](O)C[C@@H](O)[C@H](O)CC[C@@H](O)C[C@@H](O)CC(=O)O[C@H]1C)C[C@H](O)[C@H]2C(=O)O. The van der Waals surface area contributed by atoms with Crippen LogP contribution >= 0.6 is 0 Å². The van der Waals surface area contributed by atoms with Gasteiger partial charge in [0, 0.05) is 37.5 Å². The Bertz CT molecular complexity index is 1980. The van der Waals surface area contributed by atoms with Gasteiger partial charge in [-0.25, -0.2) is 0 Å². The van der Waals surface area contributed by atoms with Crippen molar-refractivity contribution in [3.63, 3.8) is 0 Å². The fourth-order valence-electron chi connectivity index (χ4n) is 9.01. The first-order valence-corrected chi connectivity index (χ1v) is 25.6. The van der Waals surface area contributed by atoms with Crippen LogP contribution in [0.4, 0.5) is 0 Å². The number of aliphatic hydroxyl groups excluding tert-OH is 13. The second kappa shape index (κ2) is 32.8. The van der Waals surface area contributed by atoms with Gasteiger partial charge in [0.2, 0.25) is 0 Å². The molecule has 0 amide bonds. The second-order valence-corrected chi connectivity index (χ2v) is 20.0. The molecule has 2 saturated heterocycles. The maximum atomic E-state index is 12.7. The molecule has 0 aromatic carbocycles. The number of Topliss-reactive ketones (excluding diaryl/α,β-unsaturated/α-hetero) is 1. The number of carbonyl (C=O) groups is 3. The lowest BCUT2D eigenvalue weighted by Crippen LogP contribution is -2.64. The quantitative estimate of drug-likeness (QED) is 0.105. The number of ketones is 1. The van der Waals surface area contributed by atoms with Crippen molar-refractivity contribution in [2.24, 2.45) is 17.8 Å². The van der Waals surface area contributed by atoms with E-state index in [2.05, 4.69) is 5.32 Å². The van der Waals surface area contributed by atoms with Gasteiger partial charge in [-0.1, -0.05) is 98.9 Å². The van der Waals surface area contributed by atoms with Crippen LogP contribution in [-0.2, 0) is 33.3 Å². The Balaban J connectivity index is 1.92. The van der Waals surface area contributed by atoms with Crippen molar-refractivity contribution >= 4 is 17.7 Å². The highest BCUT2D eigenvalue weighted by Crippen LogP contribution is 2.38. The number of allylic oxidation sites excluding steroid dienone is 12. The van der Waals surface area contributed by atoms with Crippen LogP contribution in [-0.4, -0.2) is 223 Å². The van der Waals surface area contributed by atoms with Crippen molar-refractivity contribution in [1.29, 1.82) is 0 Å². The number of carboxylic acids is 1. The van der Waals surface area contributed by atoms with Crippen LogP contribution in [0, 0.1) is 17.8 Å². The van der Waals surface area contributed by atoms with Crippen molar-refractivity contribution in [3.05, 3.63) is 85.1 Å². The summed E-state index contributed by atoms with van der Waals surface area (Å²) in [6.07, 6.45) is -5.67. The number of carbonyl (C=O) groups excluding carboxylic acids is 2. The third-order valence-electron chi connectivity index (χ3n) is 13.7. The summed E-state index contributed by atoms with van der Waals surface area (Å²) in [5.41, 5.74) is 0. The Morgan fingerprint density at radius 1 is 0.697 bits per heavy atom. The van der Waals surface area contributed by atoms with E-state index >= 15 is 0 Å². The van der Waals surface area contributed by atoms with E-state index in [-0.39, 0.29) is 25.2 Å². The molecular weight excluding hydrogens is 1000 g/mol. The zero-order chi connectivity index (χ0) is 56.9. The van der Waals surface area contributed by atoms with Gasteiger partial charge >= 0.3 is 11.9 Å². The van der Waals surface area contributed by atoms with Crippen molar-refractivity contribution < 1.29 is 110 Å². The van der Waals surface area contributed by atoms with Crippen molar-refractivity contribution in [3.8, 4) is 0 Å². The Kier molecular flexibility index (Phi) is 28.7. The third-order valence-corrected chi connectivity index (χ3v) is 13.7. The number of cyclic esters (lactones) is 1. The average Bonchev–Trinajstić information content (AvgIpc) is 3.34. The Morgan fingerprint density at radius 2 is 1.28 bits per heavy atom. The van der Waals surface area contributed by atoms with Gasteiger partial charge in [0.1, 0.15) is 36.4 Å². The largest absolute Gasteiger partial charge is 0.481 e. The molecule has 3 aliphatic heterocycles. The van der Waals surface area contributed by atoms with Gasteiger partial charge in [-0.2, -0.15) is 0 Å². The molecule has 22 atom stereocenters. The standard InChI is InChI=1S/C53H83NO22/c1-29-17-15-13-11-9-7-5-6-8-10-12-14-16-18-36(75-52-50(69)45(47(66)32(4)74-52)54-27-40(62)48(67)49(68)41(63)28-55)24-42-44(51(70)71)39(61)26-53(72,76-42)25-35(58)22-38(60)37(59)20-19-33(56)21-34(57)23-43(64)73-31(3)30(2)46(29)65/h5-18,29-39,41-42,44-50,52,54-61,63,65-69,72H,19-28H2,1-4H3,(H,70,71)/b6-5+,9-7+,10-8+,13-11+,14-12+,17-15+,18-16+/t29-,30-,31-,32+,33+,34+,35-,36-,37+,38+,39-,41+,42-,44+,45-,46+,47+,48+,49+,50-,52-,53+/m0/s1. The maximum Gasteiger partial charge on any atom is 0.311 e. The smallest absolute Gasteiger partial charge is 0.311 e. The van der Waals surface area contributed by atoms with E-state index in [1.165, 1.54) is 19.1 Å². The van der Waals surface area contributed by atoms with Crippen LogP contribution in [0.3, 0.4) is 0 Å². The fraction of sp³-hybridized carbons (Fsp3) is 0.679. The van der Waals surface area contributed by atoms with Gasteiger partial charge in [-0.3, -0.25) is 14.4 Å². The van der Waals surface area contributed by atoms with Crippen molar-refractivity contribution in [1.82, 2.24) is 5.32 Å². The van der Waals surface area contributed by atoms with Crippen LogP contribution < -0.4 is 5.32 Å². The molecule has 0 unspecified atom stereocenters. The zero-order valence-electron chi connectivity index (χ0n) is 43.3. The van der Waals surface area contributed by atoms with Crippen molar-refractivity contribution in [2.75, 3.05) is 13.2 Å². The average molecular weight is 1090 g/mol. The predicted octanol–water partition coefficient (Wildman–Crippen LogP) is -2.01. The fourth-order valence-corrected chi connectivity index (χ4v) is 9.01. The third kappa shape index (κ3) is 21.7. The summed E-state index contributed by atoms with van der Waals surface area (Å²) in [6.45, 7) is 4.84. The molecule has 0 radical (unpaired) electrons. The first-order valence-electron chi connectivity index (χ1n) is 25.6. The number of ether oxygens (including phenoxy) is 4. The number of aliphatic hydroxyl groups is 14. The summed E-state index contributed by atoms with van der Waals surface area (Å²) in [5, 5.41) is 162. The van der Waals surface area contributed by atoms with E-state index in [0.29, 0.717) is 0 Å². The summed E-state index contributed by atoms with van der Waals surface area (Å²) >= 11 is 0. The lowest BCUT2D eigenvalue weighted by molar-refractivity contribution is -0.309. The van der Waals surface area contributed by atoms with Crippen LogP contribution in [0.2, 0.25) is 0 Å². The zero-order valence-corrected chi connectivity index (χ0v) is 43.3. The molecule has 76 heavy (non-hydrogen) atoms. The number of aliphatic carboxylic acids is 1. The lowest BCUT2D eigenvalue weighted by Gasteiger charge is -2.45. The first kappa shape index (κ1) is 66.4. The molecule has 3 aliphatic rings. The summed E-state index contributed by atoms with van der Waals surface area (Å²) in [7, 11) is 0. The molecule has 2 bridgehead atoms. The highest BCUT2D eigenvalue weighted by atomic mass is 16.7. The van der Waals surface area contributed by atoms with Gasteiger partial charge in [0.15, 0.2) is 17.9 Å². The molecule has 3 rings (SSSR count). The number of carboxylic acid groups (broad SMARTS) is 1. The summed E-state index contributed by atoms with van der Waals surface area (Å²) in [6, 6.07) is -1.40. The van der Waals surface area contributed by atoms with Gasteiger partial charge in [-0.05, 0) is 33.1 Å². The monoisotopic (exact) mass is 1090 g/mol. The van der Waals surface area contributed by atoms with Gasteiger partial charge in [0.25, 0.3) is 0 Å². The van der Waals surface area contributed by atoms with Gasteiger partial charge in [-0.15, -0.1) is 0 Å². The van der Waals surface area contributed by atoms with Crippen LogP contribution in [0.25, 0.3) is 0 Å². The van der Waals surface area contributed by atoms with E-state index in [0.717, 1.165) is 0 Å². The molecule has 2 fully saturated rings. The molecule has 23 heteroatoms. The molecule has 3 heterocycles. The molecule has 23 nitrogen and oxygen atoms in total. The molecule has 0 aromatic rings. The predicted molar refractivity (Wildman–Crippen MR) is 271 cm³/mol. The molecule has 432 valence electrons. The number of hydrogen-bond donors (Lipinski definition) is 16. The minimum Gasteiger partial charge on any atom is -0.481 e. The molecule has 0 aliphatic carbocycles. The van der Waals surface area contributed by atoms with E-state index in [9.17, 15) is 85.9 Å². The van der Waals surface area contributed by atoms with Crippen LogP contribution in [0.5, 0.6) is 0 Å². The highest BCUT2D eigenvalue weighted by molar-refractivity contribution is 5.85. The highest BCUT2D eigenvalue weighted by Gasteiger charge is 2.51. The van der Waals surface area contributed by atoms with Crippen molar-refractivity contribution in [2.45, 2.75) is 195 Å². The van der Waals surface area contributed by atoms with E-state index in [4.69, 9.17) is 24.1 Å². The normalized spacial score (nSPS) is 41.9. The minimum atomic E-state index is -2.43. The first-order chi connectivity index (χ1) is 35.8. The Morgan fingerprint density at radius 3 is 1.86 bits per heavy atom. The number of esters is 1. The van der Waals surface area contributed by atoms with Gasteiger partial charge < -0.3 is 101 Å². The number of fused-ring (bicyclic) bond motifs is 2. The van der Waals surface area contributed by atoms with E-state index < -0.39 is 191 Å². The van der Waals surface area contributed by atoms with Crippen LogP contribution in [0.1, 0.15) is 79.1 Å². The lowest BCUT2D eigenvalue weighted by atomic mass is 9.82.